The second-order valence-electron chi connectivity index (χ2n) is 6.35. The number of carbonyl (C=O) groups excluding carboxylic acids is 2. The molecule has 0 spiro atoms. The van der Waals surface area contributed by atoms with Gasteiger partial charge in [0.15, 0.2) is 0 Å². The summed E-state index contributed by atoms with van der Waals surface area (Å²) in [5.74, 6) is -0.602. The first-order valence-corrected chi connectivity index (χ1v) is 9.16. The fourth-order valence-corrected chi connectivity index (χ4v) is 3.49. The number of carbonyl (C=O) groups is 2. The van der Waals surface area contributed by atoms with E-state index in [0.717, 1.165) is 24.2 Å². The molecule has 7 heteroatoms. The van der Waals surface area contributed by atoms with Crippen LogP contribution in [0.15, 0.2) is 30.5 Å². The summed E-state index contributed by atoms with van der Waals surface area (Å²) in [6.45, 7) is 5.00. The van der Waals surface area contributed by atoms with E-state index in [1.165, 1.54) is 0 Å². The lowest BCUT2D eigenvalue weighted by molar-refractivity contribution is -0.149. The van der Waals surface area contributed by atoms with E-state index in [0.29, 0.717) is 30.3 Å². The first kappa shape index (κ1) is 18.5. The topological polar surface area (TPSA) is 64.4 Å². The predicted octanol–water partition coefficient (Wildman–Crippen LogP) is 3.25. The molecule has 1 atom stereocenters. The number of hydrogen-bond acceptors (Lipinski definition) is 4. The Kier molecular flexibility index (Phi) is 5.61. The van der Waals surface area contributed by atoms with Crippen LogP contribution in [0.2, 0.25) is 5.02 Å². The number of para-hydroxylation sites is 1. The number of aromatic nitrogens is 2. The SMILES string of the molecule is CCOC(=O)C1CCCN(C(=O)c2cnn(-c3ccccc3Cl)c2C)C1. The van der Waals surface area contributed by atoms with Crippen LogP contribution in [-0.4, -0.2) is 46.3 Å². The number of ether oxygens (including phenoxy) is 1. The maximum Gasteiger partial charge on any atom is 0.310 e. The van der Waals surface area contributed by atoms with Gasteiger partial charge in [0.1, 0.15) is 0 Å². The van der Waals surface area contributed by atoms with Gasteiger partial charge in [-0.1, -0.05) is 23.7 Å². The van der Waals surface area contributed by atoms with Crippen LogP contribution in [0.3, 0.4) is 0 Å². The van der Waals surface area contributed by atoms with Crippen molar-refractivity contribution in [1.29, 1.82) is 0 Å². The maximum atomic E-state index is 13.0. The molecule has 1 unspecified atom stereocenters. The number of nitrogens with zero attached hydrogens (tertiary/aromatic N) is 3. The lowest BCUT2D eigenvalue weighted by atomic mass is 9.97. The van der Waals surface area contributed by atoms with Crippen molar-refractivity contribution in [2.24, 2.45) is 5.92 Å². The van der Waals surface area contributed by atoms with Crippen molar-refractivity contribution < 1.29 is 14.3 Å². The molecular weight excluding hydrogens is 354 g/mol. The molecule has 0 N–H and O–H groups in total. The molecule has 0 aliphatic carbocycles. The van der Waals surface area contributed by atoms with Crippen LogP contribution in [0.4, 0.5) is 0 Å². The Bertz CT molecular complexity index is 818. The number of halogens is 1. The number of amides is 1. The third-order valence-corrected chi connectivity index (χ3v) is 4.97. The predicted molar refractivity (Wildman–Crippen MR) is 98.6 cm³/mol. The normalized spacial score (nSPS) is 17.2. The van der Waals surface area contributed by atoms with Gasteiger partial charge < -0.3 is 9.64 Å². The third kappa shape index (κ3) is 3.60. The molecule has 1 amide bonds. The molecule has 2 aromatic rings. The lowest BCUT2D eigenvalue weighted by Gasteiger charge is -2.31. The molecule has 138 valence electrons. The van der Waals surface area contributed by atoms with Crippen molar-refractivity contribution in [2.45, 2.75) is 26.7 Å². The Morgan fingerprint density at radius 3 is 2.85 bits per heavy atom. The highest BCUT2D eigenvalue weighted by molar-refractivity contribution is 6.32. The largest absolute Gasteiger partial charge is 0.466 e. The molecule has 1 aromatic carbocycles. The summed E-state index contributed by atoms with van der Waals surface area (Å²) in [4.78, 5) is 26.7. The summed E-state index contributed by atoms with van der Waals surface area (Å²) in [6.07, 6.45) is 3.10. The minimum atomic E-state index is -0.258. The molecule has 1 saturated heterocycles. The Morgan fingerprint density at radius 1 is 1.35 bits per heavy atom. The van der Waals surface area contributed by atoms with Crippen LogP contribution < -0.4 is 0 Å². The van der Waals surface area contributed by atoms with Gasteiger partial charge in [-0.25, -0.2) is 4.68 Å². The zero-order valence-electron chi connectivity index (χ0n) is 14.9. The van der Waals surface area contributed by atoms with Crippen LogP contribution in [0.5, 0.6) is 0 Å². The van der Waals surface area contributed by atoms with E-state index in [1.54, 1.807) is 28.8 Å². The van der Waals surface area contributed by atoms with Crippen molar-refractivity contribution in [1.82, 2.24) is 14.7 Å². The number of likely N-dealkylation sites (tertiary alicyclic amines) is 1. The van der Waals surface area contributed by atoms with Gasteiger partial charge in [-0.3, -0.25) is 9.59 Å². The lowest BCUT2D eigenvalue weighted by Crippen LogP contribution is -2.43. The summed E-state index contributed by atoms with van der Waals surface area (Å²) >= 11 is 6.24. The van der Waals surface area contributed by atoms with E-state index < -0.39 is 0 Å². The van der Waals surface area contributed by atoms with Gasteiger partial charge in [0, 0.05) is 13.1 Å². The second kappa shape index (κ2) is 7.91. The highest BCUT2D eigenvalue weighted by atomic mass is 35.5. The van der Waals surface area contributed by atoms with Crippen molar-refractivity contribution in [3.8, 4) is 5.69 Å². The van der Waals surface area contributed by atoms with Crippen LogP contribution in [-0.2, 0) is 9.53 Å². The molecule has 2 heterocycles. The van der Waals surface area contributed by atoms with Crippen molar-refractivity contribution in [2.75, 3.05) is 19.7 Å². The summed E-state index contributed by atoms with van der Waals surface area (Å²) in [5.41, 5.74) is 1.98. The monoisotopic (exact) mass is 375 g/mol. The summed E-state index contributed by atoms with van der Waals surface area (Å²) in [6, 6.07) is 7.36. The first-order valence-electron chi connectivity index (χ1n) is 8.78. The van der Waals surface area contributed by atoms with Crippen molar-refractivity contribution >= 4 is 23.5 Å². The van der Waals surface area contributed by atoms with Gasteiger partial charge in [-0.15, -0.1) is 0 Å². The van der Waals surface area contributed by atoms with E-state index in [2.05, 4.69) is 5.10 Å². The molecule has 1 aromatic heterocycles. The fraction of sp³-hybridized carbons (Fsp3) is 0.421. The van der Waals surface area contributed by atoms with E-state index in [4.69, 9.17) is 16.3 Å². The van der Waals surface area contributed by atoms with E-state index in [-0.39, 0.29) is 17.8 Å². The summed E-state index contributed by atoms with van der Waals surface area (Å²) in [7, 11) is 0. The Hall–Kier alpha value is -2.34. The van der Waals surface area contributed by atoms with Crippen LogP contribution in [0.1, 0.15) is 35.8 Å². The Labute approximate surface area is 157 Å². The molecule has 1 aliphatic rings. The van der Waals surface area contributed by atoms with Gasteiger partial charge in [-0.05, 0) is 38.8 Å². The average Bonchev–Trinajstić information content (AvgIpc) is 3.03. The van der Waals surface area contributed by atoms with Gasteiger partial charge >= 0.3 is 5.97 Å². The average molecular weight is 376 g/mol. The highest BCUT2D eigenvalue weighted by Gasteiger charge is 2.31. The summed E-state index contributed by atoms with van der Waals surface area (Å²) in [5, 5.41) is 4.91. The molecule has 1 aliphatic heterocycles. The highest BCUT2D eigenvalue weighted by Crippen LogP contribution is 2.24. The summed E-state index contributed by atoms with van der Waals surface area (Å²) < 4.78 is 6.77. The van der Waals surface area contributed by atoms with Crippen LogP contribution in [0.25, 0.3) is 5.69 Å². The molecule has 6 nitrogen and oxygen atoms in total. The second-order valence-corrected chi connectivity index (χ2v) is 6.76. The van der Waals surface area contributed by atoms with E-state index in [9.17, 15) is 9.59 Å². The molecule has 1 fully saturated rings. The molecule has 0 bridgehead atoms. The number of hydrogen-bond donors (Lipinski definition) is 0. The Morgan fingerprint density at radius 2 is 2.12 bits per heavy atom. The van der Waals surface area contributed by atoms with Crippen LogP contribution in [0, 0.1) is 12.8 Å². The number of benzene rings is 1. The van der Waals surface area contributed by atoms with Gasteiger partial charge in [-0.2, -0.15) is 5.10 Å². The van der Waals surface area contributed by atoms with E-state index >= 15 is 0 Å². The maximum absolute atomic E-state index is 13.0. The molecule has 3 rings (SSSR count). The number of esters is 1. The minimum absolute atomic E-state index is 0.116. The molecular formula is C19H22ClN3O3. The quantitative estimate of drug-likeness (QED) is 0.769. The van der Waals surface area contributed by atoms with Crippen molar-refractivity contribution in [3.05, 3.63) is 46.7 Å². The zero-order valence-corrected chi connectivity index (χ0v) is 15.7. The smallest absolute Gasteiger partial charge is 0.310 e. The zero-order chi connectivity index (χ0) is 18.7. The van der Waals surface area contributed by atoms with Gasteiger partial charge in [0.05, 0.1) is 40.7 Å². The first-order chi connectivity index (χ1) is 12.5. The minimum Gasteiger partial charge on any atom is -0.466 e. The standard InChI is InChI=1S/C19H22ClN3O3/c1-3-26-19(25)14-7-6-10-22(12-14)18(24)15-11-21-23(13(15)2)17-9-5-4-8-16(17)20/h4-5,8-9,11,14H,3,6-7,10,12H2,1-2H3. The fourth-order valence-electron chi connectivity index (χ4n) is 3.27. The Balaban J connectivity index is 1.80. The van der Waals surface area contributed by atoms with Gasteiger partial charge in [0.2, 0.25) is 0 Å². The van der Waals surface area contributed by atoms with Gasteiger partial charge in [0.25, 0.3) is 5.91 Å². The third-order valence-electron chi connectivity index (χ3n) is 4.65. The molecule has 0 radical (unpaired) electrons. The van der Waals surface area contributed by atoms with Crippen molar-refractivity contribution in [3.63, 3.8) is 0 Å². The van der Waals surface area contributed by atoms with E-state index in [1.807, 2.05) is 25.1 Å². The number of piperidine rings is 1. The number of rotatable bonds is 4. The molecule has 0 saturated carbocycles. The molecule has 26 heavy (non-hydrogen) atoms. The van der Waals surface area contributed by atoms with Crippen LogP contribution >= 0.6 is 11.6 Å².